The molecule has 0 fully saturated rings. The average Bonchev–Trinajstić information content (AvgIpc) is 3.20. The van der Waals surface area contributed by atoms with Crippen molar-refractivity contribution in [2.24, 2.45) is 0 Å². The number of hydrogen-bond acceptors (Lipinski definition) is 5. The minimum Gasteiger partial charge on any atom is -0.497 e. The molecule has 29 heavy (non-hydrogen) atoms. The molecule has 1 N–H and O–H groups in total. The number of ether oxygens (including phenoxy) is 3. The van der Waals surface area contributed by atoms with Crippen molar-refractivity contribution in [1.29, 1.82) is 0 Å². The van der Waals surface area contributed by atoms with Crippen molar-refractivity contribution in [3.63, 3.8) is 0 Å². The first kappa shape index (κ1) is 18.8. The third-order valence-electron chi connectivity index (χ3n) is 4.96. The van der Waals surface area contributed by atoms with Gasteiger partial charge in [-0.1, -0.05) is 18.2 Å². The number of fused-ring (bicyclic) bond motifs is 1. The summed E-state index contributed by atoms with van der Waals surface area (Å²) in [6, 6.07) is 15.2. The van der Waals surface area contributed by atoms with Gasteiger partial charge in [-0.05, 0) is 41.5 Å². The smallest absolute Gasteiger partial charge is 0.255 e. The minimum absolute atomic E-state index is 0.131. The molecule has 4 rings (SSSR count). The molecule has 0 radical (unpaired) electrons. The van der Waals surface area contributed by atoms with Gasteiger partial charge in [0.2, 0.25) is 0 Å². The summed E-state index contributed by atoms with van der Waals surface area (Å²) in [4.78, 5) is 16.8. The molecule has 0 unspecified atom stereocenters. The monoisotopic (exact) mass is 390 g/mol. The van der Waals surface area contributed by atoms with Crippen LogP contribution in [0.1, 0.15) is 15.9 Å². The summed E-state index contributed by atoms with van der Waals surface area (Å²) < 4.78 is 16.7. The minimum atomic E-state index is -0.227. The van der Waals surface area contributed by atoms with E-state index in [4.69, 9.17) is 14.2 Å². The van der Waals surface area contributed by atoms with Gasteiger partial charge in [-0.25, -0.2) is 0 Å². The zero-order valence-corrected chi connectivity index (χ0v) is 16.3. The van der Waals surface area contributed by atoms with E-state index in [1.54, 1.807) is 37.7 Å². The molecular weight excluding hydrogens is 368 g/mol. The number of amides is 1. The Bertz CT molecular complexity index is 1020. The highest BCUT2D eigenvalue weighted by Gasteiger charge is 2.26. The van der Waals surface area contributed by atoms with Crippen LogP contribution in [0.2, 0.25) is 0 Å². The van der Waals surface area contributed by atoms with Crippen LogP contribution in [0.4, 0.5) is 0 Å². The Balaban J connectivity index is 1.46. The predicted octanol–water partition coefficient (Wildman–Crippen LogP) is 3.50. The van der Waals surface area contributed by atoms with Crippen molar-refractivity contribution in [2.75, 3.05) is 20.8 Å². The topological polar surface area (TPSA) is 69.7 Å². The molecule has 0 bridgehead atoms. The van der Waals surface area contributed by atoms with Crippen LogP contribution in [0.25, 0.3) is 11.1 Å². The van der Waals surface area contributed by atoms with Gasteiger partial charge in [0.15, 0.2) is 0 Å². The summed E-state index contributed by atoms with van der Waals surface area (Å²) in [5, 5.41) is 2.95. The number of para-hydroxylation sites is 1. The molecule has 2 aromatic carbocycles. The second kappa shape index (κ2) is 8.22. The van der Waals surface area contributed by atoms with E-state index in [-0.39, 0.29) is 12.0 Å². The van der Waals surface area contributed by atoms with Crippen LogP contribution in [-0.2, 0) is 6.42 Å². The molecule has 1 atom stereocenters. The molecule has 1 aliphatic rings. The van der Waals surface area contributed by atoms with Gasteiger partial charge in [0.25, 0.3) is 5.91 Å². The van der Waals surface area contributed by atoms with E-state index < -0.39 is 0 Å². The fourth-order valence-electron chi connectivity index (χ4n) is 3.50. The van der Waals surface area contributed by atoms with Gasteiger partial charge in [0, 0.05) is 24.4 Å². The zero-order chi connectivity index (χ0) is 20.2. The first-order valence-electron chi connectivity index (χ1n) is 9.38. The molecule has 3 aromatic rings. The second-order valence-corrected chi connectivity index (χ2v) is 6.75. The maximum atomic E-state index is 12.7. The van der Waals surface area contributed by atoms with Gasteiger partial charge in [-0.3, -0.25) is 9.78 Å². The zero-order valence-electron chi connectivity index (χ0n) is 16.3. The van der Waals surface area contributed by atoms with E-state index >= 15 is 0 Å². The highest BCUT2D eigenvalue weighted by molar-refractivity contribution is 5.97. The summed E-state index contributed by atoms with van der Waals surface area (Å²) in [5.74, 6) is 1.74. The number of pyridine rings is 1. The Hall–Kier alpha value is -3.54. The lowest BCUT2D eigenvalue weighted by Gasteiger charge is -2.15. The van der Waals surface area contributed by atoms with Crippen molar-refractivity contribution < 1.29 is 19.0 Å². The Labute approximate surface area is 169 Å². The van der Waals surface area contributed by atoms with Crippen LogP contribution in [0.5, 0.6) is 17.2 Å². The van der Waals surface area contributed by atoms with Gasteiger partial charge in [-0.2, -0.15) is 0 Å². The van der Waals surface area contributed by atoms with E-state index in [9.17, 15) is 4.79 Å². The Morgan fingerprint density at radius 1 is 1.14 bits per heavy atom. The number of methoxy groups -OCH3 is 2. The molecule has 1 aliphatic heterocycles. The maximum absolute atomic E-state index is 12.7. The molecule has 0 saturated heterocycles. The first-order valence-corrected chi connectivity index (χ1v) is 9.38. The number of carbonyl (C=O) groups excluding carboxylic acids is 1. The highest BCUT2D eigenvalue weighted by Crippen LogP contribution is 2.38. The van der Waals surface area contributed by atoms with Crippen molar-refractivity contribution in [3.05, 3.63) is 72.1 Å². The summed E-state index contributed by atoms with van der Waals surface area (Å²) in [5.41, 5.74) is 3.66. The van der Waals surface area contributed by atoms with Gasteiger partial charge in [0.1, 0.15) is 23.4 Å². The summed E-state index contributed by atoms with van der Waals surface area (Å²) in [6.07, 6.45) is 4.14. The molecule has 1 amide bonds. The number of carbonyl (C=O) groups is 1. The van der Waals surface area contributed by atoms with Crippen LogP contribution in [0.15, 0.2) is 60.9 Å². The number of rotatable bonds is 6. The van der Waals surface area contributed by atoms with E-state index in [1.807, 2.05) is 24.3 Å². The van der Waals surface area contributed by atoms with Gasteiger partial charge >= 0.3 is 0 Å². The Kier molecular flexibility index (Phi) is 5.33. The fraction of sp³-hybridized carbons (Fsp3) is 0.217. The largest absolute Gasteiger partial charge is 0.497 e. The SMILES string of the molecule is COc1ccc(OC)c(C(=O)NC[C@@H]2Cc3cccc(-c4ccncc4)c3O2)c1. The molecule has 6 nitrogen and oxygen atoms in total. The normalized spacial score (nSPS) is 14.6. The van der Waals surface area contributed by atoms with Crippen LogP contribution in [-0.4, -0.2) is 37.8 Å². The number of aromatic nitrogens is 1. The van der Waals surface area contributed by atoms with Gasteiger partial charge in [-0.15, -0.1) is 0 Å². The summed E-state index contributed by atoms with van der Waals surface area (Å²) in [7, 11) is 3.10. The van der Waals surface area contributed by atoms with E-state index in [0.29, 0.717) is 23.6 Å². The predicted molar refractivity (Wildman–Crippen MR) is 110 cm³/mol. The van der Waals surface area contributed by atoms with Crippen molar-refractivity contribution in [2.45, 2.75) is 12.5 Å². The van der Waals surface area contributed by atoms with Gasteiger partial charge in [0.05, 0.1) is 26.3 Å². The molecular formula is C23H22N2O4. The number of nitrogens with one attached hydrogen (secondary N) is 1. The number of benzene rings is 2. The quantitative estimate of drug-likeness (QED) is 0.698. The standard InChI is InChI=1S/C23H22N2O4/c1-27-17-6-7-21(28-2)20(13-17)23(26)25-14-18-12-16-4-3-5-19(22(16)29-18)15-8-10-24-11-9-15/h3-11,13,18H,12,14H2,1-2H3,(H,25,26)/t18-/m0/s1. The van der Waals surface area contributed by atoms with Crippen molar-refractivity contribution in [3.8, 4) is 28.4 Å². The first-order chi connectivity index (χ1) is 14.2. The Morgan fingerprint density at radius 2 is 1.97 bits per heavy atom. The molecule has 6 heteroatoms. The van der Waals surface area contributed by atoms with Crippen molar-refractivity contribution >= 4 is 5.91 Å². The molecule has 0 spiro atoms. The third-order valence-corrected chi connectivity index (χ3v) is 4.96. The van der Waals surface area contributed by atoms with Crippen molar-refractivity contribution in [1.82, 2.24) is 10.3 Å². The molecule has 1 aromatic heterocycles. The van der Waals surface area contributed by atoms with E-state index in [2.05, 4.69) is 16.4 Å². The molecule has 148 valence electrons. The average molecular weight is 390 g/mol. The summed E-state index contributed by atoms with van der Waals surface area (Å²) in [6.45, 7) is 0.393. The van der Waals surface area contributed by atoms with Crippen LogP contribution < -0.4 is 19.5 Å². The lowest BCUT2D eigenvalue weighted by atomic mass is 10.0. The van der Waals surface area contributed by atoms with E-state index in [0.717, 1.165) is 28.9 Å². The van der Waals surface area contributed by atoms with Crippen LogP contribution >= 0.6 is 0 Å². The molecule has 0 aliphatic carbocycles. The number of nitrogens with zero attached hydrogens (tertiary/aromatic N) is 1. The lowest BCUT2D eigenvalue weighted by Crippen LogP contribution is -2.34. The molecule has 0 saturated carbocycles. The fourth-order valence-corrected chi connectivity index (χ4v) is 3.50. The summed E-state index contributed by atoms with van der Waals surface area (Å²) >= 11 is 0. The van der Waals surface area contributed by atoms with Crippen LogP contribution in [0.3, 0.4) is 0 Å². The third kappa shape index (κ3) is 3.87. The van der Waals surface area contributed by atoms with Gasteiger partial charge < -0.3 is 19.5 Å². The van der Waals surface area contributed by atoms with Crippen LogP contribution in [0, 0.1) is 0 Å². The Morgan fingerprint density at radius 3 is 2.72 bits per heavy atom. The molecule has 2 heterocycles. The highest BCUT2D eigenvalue weighted by atomic mass is 16.5. The van der Waals surface area contributed by atoms with E-state index in [1.165, 1.54) is 7.11 Å². The lowest BCUT2D eigenvalue weighted by molar-refractivity contribution is 0.0930. The number of hydrogen-bond donors (Lipinski definition) is 1. The maximum Gasteiger partial charge on any atom is 0.255 e. The second-order valence-electron chi connectivity index (χ2n) is 6.75.